The van der Waals surface area contributed by atoms with E-state index < -0.39 is 5.41 Å². The molecule has 13 aromatic rings. The highest BCUT2D eigenvalue weighted by Gasteiger charge is 2.43. The molecule has 1 aliphatic carbocycles. The zero-order valence-electron chi connectivity index (χ0n) is 41.7. The summed E-state index contributed by atoms with van der Waals surface area (Å²) in [6.07, 6.45) is 0. The van der Waals surface area contributed by atoms with Gasteiger partial charge in [0.2, 0.25) is 0 Å². The van der Waals surface area contributed by atoms with Crippen LogP contribution >= 0.6 is 0 Å². The molecule has 0 aromatic heterocycles. The first-order valence-corrected chi connectivity index (χ1v) is 26.1. The maximum absolute atomic E-state index is 2.50. The van der Waals surface area contributed by atoms with Gasteiger partial charge < -0.3 is 4.90 Å². The third-order valence-corrected chi connectivity index (χ3v) is 15.9. The van der Waals surface area contributed by atoms with Crippen molar-refractivity contribution in [2.75, 3.05) is 4.90 Å². The SMILES string of the molecule is CC1(c2ccccc2)c2ccccc2-c2cccc(N(c3ccc(-c4ccc(-c5ccc6ccccc6c5)cc4)cc3)c3cccc(-c4ccc5c(c4)c(-c4ccccc4)c(-c4ccccc4)c4ccccc45)c3)c21. The van der Waals surface area contributed by atoms with E-state index in [1.807, 2.05) is 0 Å². The molecule has 1 unspecified atom stereocenters. The van der Waals surface area contributed by atoms with Crippen molar-refractivity contribution >= 4 is 49.4 Å². The molecule has 0 radical (unpaired) electrons. The fourth-order valence-electron chi connectivity index (χ4n) is 12.3. The van der Waals surface area contributed by atoms with Crippen LogP contribution in [-0.4, -0.2) is 0 Å². The lowest BCUT2D eigenvalue weighted by Gasteiger charge is -2.35. The highest BCUT2D eigenvalue weighted by molar-refractivity contribution is 6.22. The van der Waals surface area contributed by atoms with E-state index in [1.54, 1.807) is 0 Å². The normalized spacial score (nSPS) is 13.7. The minimum absolute atomic E-state index is 0.419. The van der Waals surface area contributed by atoms with E-state index in [9.17, 15) is 0 Å². The van der Waals surface area contributed by atoms with Crippen LogP contribution in [0.5, 0.6) is 0 Å². The molecule has 0 amide bonds. The summed E-state index contributed by atoms with van der Waals surface area (Å²) in [4.78, 5) is 2.50. The van der Waals surface area contributed by atoms with E-state index in [4.69, 9.17) is 0 Å². The molecule has 1 nitrogen and oxygen atoms in total. The van der Waals surface area contributed by atoms with Crippen molar-refractivity contribution in [3.05, 3.63) is 308 Å². The molecule has 14 rings (SSSR count). The molecule has 1 aliphatic rings. The fraction of sp³-hybridized carbons (Fsp3) is 0.0270. The van der Waals surface area contributed by atoms with Crippen LogP contribution in [0.2, 0.25) is 0 Å². The molecule has 1 heteroatoms. The Morgan fingerprint density at radius 2 is 0.773 bits per heavy atom. The molecule has 0 bridgehead atoms. The molecule has 0 saturated heterocycles. The predicted octanol–water partition coefficient (Wildman–Crippen LogP) is 20.3. The summed E-state index contributed by atoms with van der Waals surface area (Å²) in [5.74, 6) is 0. The first-order valence-electron chi connectivity index (χ1n) is 26.1. The lowest BCUT2D eigenvalue weighted by atomic mass is 9.73. The van der Waals surface area contributed by atoms with Gasteiger partial charge in [-0.1, -0.05) is 249 Å². The molecule has 0 spiro atoms. The Kier molecular flexibility index (Phi) is 10.7. The highest BCUT2D eigenvalue weighted by atomic mass is 15.1. The van der Waals surface area contributed by atoms with Crippen LogP contribution in [0.15, 0.2) is 291 Å². The van der Waals surface area contributed by atoms with Crippen LogP contribution in [0, 0.1) is 0 Å². The van der Waals surface area contributed by atoms with Gasteiger partial charge in [0.15, 0.2) is 0 Å². The Balaban J connectivity index is 0.936. The van der Waals surface area contributed by atoms with Crippen LogP contribution in [-0.2, 0) is 5.41 Å². The second-order valence-corrected chi connectivity index (χ2v) is 20.1. The smallest absolute Gasteiger partial charge is 0.0512 e. The van der Waals surface area contributed by atoms with Crippen molar-refractivity contribution in [1.82, 2.24) is 0 Å². The lowest BCUT2D eigenvalue weighted by molar-refractivity contribution is 0.714. The second kappa shape index (κ2) is 18.2. The number of fused-ring (bicyclic) bond motifs is 7. The van der Waals surface area contributed by atoms with Gasteiger partial charge >= 0.3 is 0 Å². The van der Waals surface area contributed by atoms with E-state index in [1.165, 1.54) is 105 Å². The van der Waals surface area contributed by atoms with Crippen molar-refractivity contribution in [1.29, 1.82) is 0 Å². The van der Waals surface area contributed by atoms with Crippen molar-refractivity contribution < 1.29 is 0 Å². The van der Waals surface area contributed by atoms with Crippen LogP contribution in [0.4, 0.5) is 17.1 Å². The number of rotatable bonds is 9. The first kappa shape index (κ1) is 44.2. The van der Waals surface area contributed by atoms with Gasteiger partial charge in [-0.2, -0.15) is 0 Å². The molecule has 1 atom stereocenters. The minimum atomic E-state index is -0.419. The van der Waals surface area contributed by atoms with Crippen LogP contribution < -0.4 is 4.90 Å². The topological polar surface area (TPSA) is 3.24 Å². The van der Waals surface area contributed by atoms with Gasteiger partial charge in [0.05, 0.1) is 5.69 Å². The van der Waals surface area contributed by atoms with E-state index >= 15 is 0 Å². The average Bonchev–Trinajstić information content (AvgIpc) is 3.80. The Hall–Kier alpha value is -9.56. The number of hydrogen-bond acceptors (Lipinski definition) is 1. The summed E-state index contributed by atoms with van der Waals surface area (Å²) in [5, 5.41) is 7.49. The molecule has 0 saturated carbocycles. The van der Waals surface area contributed by atoms with Gasteiger partial charge in [0.25, 0.3) is 0 Å². The number of benzene rings is 13. The standard InChI is InChI=1S/C74H51N/c1-74(60-26-9-4-10-27-60)69-33-16-15-30-65(69)67-32-18-34-70(73(67)74)75(61-44-41-52(42-45-61)51-35-37-53(38-36-51)58-40-39-50-19-11-12-24-56(50)47-58)62-28-17-25-57(48-62)59-43-46-64-63-29-13-14-31-66(63)71(54-20-5-2-6-21-54)72(68(64)49-59)55-22-7-3-8-23-55/h2-49H,1H3. The lowest BCUT2D eigenvalue weighted by Crippen LogP contribution is -2.25. The van der Waals surface area contributed by atoms with Crippen LogP contribution in [0.3, 0.4) is 0 Å². The number of nitrogens with zero attached hydrogens (tertiary/aromatic N) is 1. The molecule has 352 valence electrons. The monoisotopic (exact) mass is 953 g/mol. The summed E-state index contributed by atoms with van der Waals surface area (Å²) in [6.45, 7) is 2.42. The van der Waals surface area contributed by atoms with Crippen LogP contribution in [0.1, 0.15) is 23.6 Å². The molecule has 0 aliphatic heterocycles. The summed E-state index contributed by atoms with van der Waals surface area (Å²) >= 11 is 0. The molecule has 13 aromatic carbocycles. The molecule has 0 fully saturated rings. The second-order valence-electron chi connectivity index (χ2n) is 20.1. The van der Waals surface area contributed by atoms with E-state index in [0.29, 0.717) is 0 Å². The van der Waals surface area contributed by atoms with Crippen molar-refractivity contribution in [3.63, 3.8) is 0 Å². The van der Waals surface area contributed by atoms with Gasteiger partial charge in [-0.3, -0.25) is 0 Å². The Bertz CT molecular complexity index is 4270. The van der Waals surface area contributed by atoms with Crippen molar-refractivity contribution in [2.45, 2.75) is 12.3 Å². The highest BCUT2D eigenvalue weighted by Crippen LogP contribution is 2.57. The van der Waals surface area contributed by atoms with Gasteiger partial charge in [-0.25, -0.2) is 0 Å². The fourth-order valence-corrected chi connectivity index (χ4v) is 12.3. The number of hydrogen-bond donors (Lipinski definition) is 0. The van der Waals surface area contributed by atoms with Gasteiger partial charge in [0, 0.05) is 16.8 Å². The largest absolute Gasteiger partial charge is 0.310 e. The zero-order valence-corrected chi connectivity index (χ0v) is 41.7. The molecule has 0 N–H and O–H groups in total. The van der Waals surface area contributed by atoms with Crippen LogP contribution in [0.25, 0.3) is 99.1 Å². The third-order valence-electron chi connectivity index (χ3n) is 15.9. The first-order chi connectivity index (χ1) is 37.1. The summed E-state index contributed by atoms with van der Waals surface area (Å²) in [5.41, 5.74) is 21.4. The van der Waals surface area contributed by atoms with Gasteiger partial charge in [-0.05, 0) is 165 Å². The Morgan fingerprint density at radius 1 is 0.280 bits per heavy atom. The predicted molar refractivity (Wildman–Crippen MR) is 318 cm³/mol. The van der Waals surface area contributed by atoms with Crippen molar-refractivity contribution in [3.8, 4) is 66.8 Å². The van der Waals surface area contributed by atoms with Crippen molar-refractivity contribution in [2.24, 2.45) is 0 Å². The molecular formula is C74H51N. The van der Waals surface area contributed by atoms with Gasteiger partial charge in [-0.15, -0.1) is 0 Å². The third kappa shape index (κ3) is 7.47. The maximum Gasteiger partial charge on any atom is 0.0512 e. The molecular weight excluding hydrogens is 903 g/mol. The summed E-state index contributed by atoms with van der Waals surface area (Å²) in [6, 6.07) is 107. The molecule has 75 heavy (non-hydrogen) atoms. The van der Waals surface area contributed by atoms with E-state index in [-0.39, 0.29) is 0 Å². The Labute approximate surface area is 438 Å². The van der Waals surface area contributed by atoms with Gasteiger partial charge in [0.1, 0.15) is 0 Å². The Morgan fingerprint density at radius 3 is 1.51 bits per heavy atom. The number of anilines is 3. The minimum Gasteiger partial charge on any atom is -0.310 e. The molecule has 0 heterocycles. The maximum atomic E-state index is 2.50. The van der Waals surface area contributed by atoms with E-state index in [0.717, 1.165) is 28.2 Å². The average molecular weight is 954 g/mol. The summed E-state index contributed by atoms with van der Waals surface area (Å²) in [7, 11) is 0. The quantitative estimate of drug-likeness (QED) is 0.130. The summed E-state index contributed by atoms with van der Waals surface area (Å²) < 4.78 is 0. The van der Waals surface area contributed by atoms with E-state index in [2.05, 4.69) is 303 Å². The zero-order chi connectivity index (χ0) is 49.9.